The van der Waals surface area contributed by atoms with Crippen LogP contribution in [-0.4, -0.2) is 23.6 Å². The third-order valence-corrected chi connectivity index (χ3v) is 4.38. The van der Waals surface area contributed by atoms with E-state index >= 15 is 0 Å². The van der Waals surface area contributed by atoms with Gasteiger partial charge in [-0.25, -0.2) is 0 Å². The van der Waals surface area contributed by atoms with Crippen molar-refractivity contribution in [3.05, 3.63) is 64.6 Å². The molecule has 1 amide bonds. The fourth-order valence-corrected chi connectivity index (χ4v) is 2.88. The van der Waals surface area contributed by atoms with E-state index < -0.39 is 0 Å². The first-order valence-corrected chi connectivity index (χ1v) is 10.1. The zero-order valence-corrected chi connectivity index (χ0v) is 16.8. The molecule has 0 aliphatic heterocycles. The van der Waals surface area contributed by atoms with Crippen molar-refractivity contribution in [2.45, 2.75) is 46.0 Å². The molecule has 0 saturated heterocycles. The molecule has 0 aliphatic rings. The predicted octanol–water partition coefficient (Wildman–Crippen LogP) is 4.33. The lowest BCUT2D eigenvalue weighted by Gasteiger charge is -2.12. The number of benzene rings is 1. The summed E-state index contributed by atoms with van der Waals surface area (Å²) in [6.45, 7) is 5.31. The van der Waals surface area contributed by atoms with Crippen LogP contribution in [0.1, 0.15) is 51.5 Å². The van der Waals surface area contributed by atoms with Gasteiger partial charge in [-0.2, -0.15) is 0 Å². The summed E-state index contributed by atoms with van der Waals surface area (Å²) in [5.41, 5.74) is 0.897. The van der Waals surface area contributed by atoms with Crippen LogP contribution in [0.4, 0.5) is 0 Å². The van der Waals surface area contributed by atoms with Crippen molar-refractivity contribution < 1.29 is 9.53 Å². The van der Waals surface area contributed by atoms with Gasteiger partial charge in [0.1, 0.15) is 11.4 Å². The fraction of sp³-hybridized carbons (Fsp3) is 0.391. The summed E-state index contributed by atoms with van der Waals surface area (Å²) < 4.78 is 6.83. The summed E-state index contributed by atoms with van der Waals surface area (Å²) in [6.07, 6.45) is 8.96. The first-order chi connectivity index (χ1) is 13.7. The van der Waals surface area contributed by atoms with Gasteiger partial charge < -0.3 is 10.1 Å². The standard InChI is InChI=1S/C23H30N2O3/c1-3-5-6-7-9-16-24-23(27)21(25-17-10-8-11-22(25)26)18-19-12-14-20(15-13-19)28-4-2/h8,10-15,17-18H,3-7,9,16H2,1-2H3,(H,24,27)/b21-18+. The van der Waals surface area contributed by atoms with Gasteiger partial charge in [0.25, 0.3) is 11.5 Å². The SMILES string of the molecule is CCCCCCCNC(=O)/C(=C\c1ccc(OCC)cc1)n1ccccc1=O. The summed E-state index contributed by atoms with van der Waals surface area (Å²) >= 11 is 0. The molecule has 0 saturated carbocycles. The third-order valence-electron chi connectivity index (χ3n) is 4.38. The molecule has 5 heteroatoms. The number of unbranched alkanes of at least 4 members (excludes halogenated alkanes) is 4. The second-order valence-corrected chi connectivity index (χ2v) is 6.61. The van der Waals surface area contributed by atoms with E-state index in [-0.39, 0.29) is 11.5 Å². The van der Waals surface area contributed by atoms with Gasteiger partial charge in [-0.3, -0.25) is 14.2 Å². The molecule has 1 heterocycles. The third kappa shape index (κ3) is 6.72. The molecule has 1 N–H and O–H groups in total. The second-order valence-electron chi connectivity index (χ2n) is 6.61. The fourth-order valence-electron chi connectivity index (χ4n) is 2.88. The van der Waals surface area contributed by atoms with Crippen LogP contribution in [0.2, 0.25) is 0 Å². The van der Waals surface area contributed by atoms with E-state index in [9.17, 15) is 9.59 Å². The summed E-state index contributed by atoms with van der Waals surface area (Å²) in [6, 6.07) is 12.3. The lowest BCUT2D eigenvalue weighted by atomic mass is 10.1. The van der Waals surface area contributed by atoms with Crippen LogP contribution in [0.3, 0.4) is 0 Å². The van der Waals surface area contributed by atoms with Gasteiger partial charge in [0.15, 0.2) is 0 Å². The number of hydrogen-bond donors (Lipinski definition) is 1. The molecule has 0 bridgehead atoms. The van der Waals surface area contributed by atoms with E-state index in [1.54, 1.807) is 24.4 Å². The van der Waals surface area contributed by atoms with Gasteiger partial charge in [-0.05, 0) is 43.2 Å². The Morgan fingerprint density at radius 3 is 2.46 bits per heavy atom. The van der Waals surface area contributed by atoms with Crippen molar-refractivity contribution in [1.29, 1.82) is 0 Å². The lowest BCUT2D eigenvalue weighted by Crippen LogP contribution is -2.31. The van der Waals surface area contributed by atoms with Crippen LogP contribution < -0.4 is 15.6 Å². The minimum atomic E-state index is -0.252. The average molecular weight is 383 g/mol. The molecule has 0 radical (unpaired) electrons. The molecule has 1 aromatic carbocycles. The zero-order valence-electron chi connectivity index (χ0n) is 16.8. The normalized spacial score (nSPS) is 11.3. The van der Waals surface area contributed by atoms with Crippen molar-refractivity contribution in [3.63, 3.8) is 0 Å². The molecule has 0 spiro atoms. The van der Waals surface area contributed by atoms with Crippen LogP contribution in [0, 0.1) is 0 Å². The zero-order chi connectivity index (χ0) is 20.2. The van der Waals surface area contributed by atoms with Gasteiger partial charge in [0.2, 0.25) is 0 Å². The van der Waals surface area contributed by atoms with Crippen LogP contribution in [-0.2, 0) is 4.79 Å². The Morgan fingerprint density at radius 1 is 1.04 bits per heavy atom. The highest BCUT2D eigenvalue weighted by Crippen LogP contribution is 2.16. The Bertz CT molecular complexity index is 822. The van der Waals surface area contributed by atoms with Crippen molar-refractivity contribution >= 4 is 17.7 Å². The first-order valence-electron chi connectivity index (χ1n) is 10.1. The van der Waals surface area contributed by atoms with Crippen molar-refractivity contribution in [2.75, 3.05) is 13.2 Å². The largest absolute Gasteiger partial charge is 0.494 e. The molecular weight excluding hydrogens is 352 g/mol. The number of rotatable bonds is 11. The number of pyridine rings is 1. The maximum atomic E-state index is 12.8. The predicted molar refractivity (Wildman–Crippen MR) is 114 cm³/mol. The van der Waals surface area contributed by atoms with Gasteiger partial charge in [0, 0.05) is 18.8 Å². The Labute approximate surface area is 167 Å². The molecule has 2 rings (SSSR count). The Morgan fingerprint density at radius 2 is 1.79 bits per heavy atom. The van der Waals surface area contributed by atoms with Gasteiger partial charge in [0.05, 0.1) is 6.61 Å². The number of carbonyl (C=O) groups is 1. The quantitative estimate of drug-likeness (QED) is 0.465. The molecular formula is C23H30N2O3. The number of amides is 1. The summed E-state index contributed by atoms with van der Waals surface area (Å²) in [7, 11) is 0. The van der Waals surface area contributed by atoms with Crippen LogP contribution in [0.25, 0.3) is 11.8 Å². The van der Waals surface area contributed by atoms with Crippen LogP contribution in [0.15, 0.2) is 53.5 Å². The number of nitrogens with one attached hydrogen (secondary N) is 1. The van der Waals surface area contributed by atoms with E-state index in [0.717, 1.165) is 24.2 Å². The van der Waals surface area contributed by atoms with Crippen LogP contribution >= 0.6 is 0 Å². The topological polar surface area (TPSA) is 60.3 Å². The highest BCUT2D eigenvalue weighted by Gasteiger charge is 2.12. The van der Waals surface area contributed by atoms with Gasteiger partial charge >= 0.3 is 0 Å². The molecule has 0 atom stereocenters. The number of ether oxygens (including phenoxy) is 1. The first kappa shape index (κ1) is 21.5. The highest BCUT2D eigenvalue weighted by atomic mass is 16.5. The van der Waals surface area contributed by atoms with Crippen molar-refractivity contribution in [2.24, 2.45) is 0 Å². The molecule has 5 nitrogen and oxygen atoms in total. The van der Waals surface area contributed by atoms with E-state index in [2.05, 4.69) is 12.2 Å². The molecule has 0 unspecified atom stereocenters. The number of carbonyl (C=O) groups excluding carboxylic acids is 1. The maximum absolute atomic E-state index is 12.8. The monoisotopic (exact) mass is 382 g/mol. The molecule has 0 fully saturated rings. The molecule has 1 aromatic heterocycles. The Balaban J connectivity index is 2.17. The number of aromatic nitrogens is 1. The molecule has 150 valence electrons. The van der Waals surface area contributed by atoms with E-state index in [4.69, 9.17) is 4.74 Å². The number of hydrogen-bond acceptors (Lipinski definition) is 3. The minimum Gasteiger partial charge on any atom is -0.494 e. The molecule has 28 heavy (non-hydrogen) atoms. The lowest BCUT2D eigenvalue weighted by molar-refractivity contribution is -0.115. The summed E-state index contributed by atoms with van der Waals surface area (Å²) in [5.74, 6) is 0.521. The minimum absolute atomic E-state index is 0.238. The smallest absolute Gasteiger partial charge is 0.268 e. The summed E-state index contributed by atoms with van der Waals surface area (Å²) in [5, 5.41) is 2.95. The van der Waals surface area contributed by atoms with Crippen molar-refractivity contribution in [1.82, 2.24) is 9.88 Å². The Kier molecular flexibility index (Phi) is 9.05. The Hall–Kier alpha value is -2.82. The second kappa shape index (κ2) is 11.8. The van der Waals surface area contributed by atoms with Gasteiger partial charge in [-0.1, -0.05) is 50.8 Å². The number of nitrogens with zero attached hydrogens (tertiary/aromatic N) is 1. The van der Waals surface area contributed by atoms with E-state index in [1.165, 1.54) is 29.9 Å². The van der Waals surface area contributed by atoms with E-state index in [0.29, 0.717) is 18.8 Å². The molecule has 0 aliphatic carbocycles. The highest BCUT2D eigenvalue weighted by molar-refractivity contribution is 6.18. The van der Waals surface area contributed by atoms with Crippen molar-refractivity contribution in [3.8, 4) is 5.75 Å². The van der Waals surface area contributed by atoms with E-state index in [1.807, 2.05) is 31.2 Å². The summed E-state index contributed by atoms with van der Waals surface area (Å²) in [4.78, 5) is 25.1. The van der Waals surface area contributed by atoms with Gasteiger partial charge in [-0.15, -0.1) is 0 Å². The van der Waals surface area contributed by atoms with Crippen LogP contribution in [0.5, 0.6) is 5.75 Å². The maximum Gasteiger partial charge on any atom is 0.268 e. The average Bonchev–Trinajstić information content (AvgIpc) is 2.71. The molecule has 2 aromatic rings.